The topological polar surface area (TPSA) is 70.2 Å². The molecule has 0 unspecified atom stereocenters. The first kappa shape index (κ1) is 13.0. The van der Waals surface area contributed by atoms with E-state index in [0.717, 1.165) is 44.6 Å². The molecule has 2 aromatic carbocycles. The summed E-state index contributed by atoms with van der Waals surface area (Å²) in [4.78, 5) is 12.0. The lowest BCUT2D eigenvalue weighted by atomic mass is 10.0. The first-order valence-corrected chi connectivity index (χ1v) is 7.72. The first-order valence-electron chi connectivity index (χ1n) is 7.72. The van der Waals surface area contributed by atoms with Crippen LogP contribution in [0.2, 0.25) is 0 Å². The number of rotatable bonds is 2. The summed E-state index contributed by atoms with van der Waals surface area (Å²) in [6.07, 6.45) is 3.60. The number of aromatic amines is 2. The third kappa shape index (κ3) is 1.99. The summed E-state index contributed by atoms with van der Waals surface area (Å²) in [7, 11) is 0. The summed E-state index contributed by atoms with van der Waals surface area (Å²) >= 11 is 0. The third-order valence-electron chi connectivity index (χ3n) is 4.19. The highest BCUT2D eigenvalue weighted by Crippen LogP contribution is 2.29. The minimum absolute atomic E-state index is 0.777. The van der Waals surface area contributed by atoms with Crippen molar-refractivity contribution < 1.29 is 0 Å². The number of hydrogen-bond donors (Lipinski definition) is 2. The van der Waals surface area contributed by atoms with Crippen LogP contribution in [0, 0.1) is 0 Å². The van der Waals surface area contributed by atoms with Gasteiger partial charge in [0.25, 0.3) is 0 Å². The molecule has 5 rings (SSSR count). The molecule has 0 radical (unpaired) electrons. The fourth-order valence-corrected chi connectivity index (χ4v) is 2.99. The van der Waals surface area contributed by atoms with E-state index in [1.165, 1.54) is 0 Å². The number of aromatic nitrogens is 5. The summed E-state index contributed by atoms with van der Waals surface area (Å²) in [5, 5.41) is 8.63. The normalized spacial score (nSPS) is 11.3. The predicted octanol–water partition coefficient (Wildman–Crippen LogP) is 4.17. The van der Waals surface area contributed by atoms with Gasteiger partial charge >= 0.3 is 0 Å². The number of imidazole rings is 1. The highest BCUT2D eigenvalue weighted by atomic mass is 15.1. The number of nitrogens with zero attached hydrogens (tertiary/aromatic N) is 3. The Balaban J connectivity index is 1.65. The van der Waals surface area contributed by atoms with Crippen molar-refractivity contribution in [2.24, 2.45) is 0 Å². The molecule has 0 bridgehead atoms. The largest absolute Gasteiger partial charge is 0.337 e. The maximum atomic E-state index is 4.64. The lowest BCUT2D eigenvalue weighted by Crippen LogP contribution is -1.81. The van der Waals surface area contributed by atoms with Gasteiger partial charge < -0.3 is 4.98 Å². The van der Waals surface area contributed by atoms with Gasteiger partial charge in [-0.3, -0.25) is 10.1 Å². The highest BCUT2D eigenvalue weighted by molar-refractivity contribution is 5.95. The van der Waals surface area contributed by atoms with Crippen molar-refractivity contribution >= 4 is 21.9 Å². The Hall–Kier alpha value is -3.47. The Morgan fingerprint density at radius 2 is 1.67 bits per heavy atom. The van der Waals surface area contributed by atoms with Gasteiger partial charge in [0.15, 0.2) is 5.82 Å². The van der Waals surface area contributed by atoms with Crippen LogP contribution in [0.3, 0.4) is 0 Å². The molecule has 5 heteroatoms. The molecule has 0 aliphatic heterocycles. The molecule has 0 saturated carbocycles. The van der Waals surface area contributed by atoms with Gasteiger partial charge in [0.1, 0.15) is 5.69 Å². The summed E-state index contributed by atoms with van der Waals surface area (Å²) in [6, 6.07) is 18.3. The molecule has 0 spiro atoms. The summed E-state index contributed by atoms with van der Waals surface area (Å²) in [6.45, 7) is 0. The van der Waals surface area contributed by atoms with E-state index in [1.807, 2.05) is 36.4 Å². The van der Waals surface area contributed by atoms with Crippen LogP contribution in [0.25, 0.3) is 44.6 Å². The maximum absolute atomic E-state index is 4.64. The van der Waals surface area contributed by atoms with Crippen LogP contribution >= 0.6 is 0 Å². The second kappa shape index (κ2) is 5.03. The van der Waals surface area contributed by atoms with Gasteiger partial charge in [-0.2, -0.15) is 5.10 Å². The highest BCUT2D eigenvalue weighted by Gasteiger charge is 2.13. The molecule has 0 atom stereocenters. The van der Waals surface area contributed by atoms with Crippen molar-refractivity contribution in [2.75, 3.05) is 0 Å². The van der Waals surface area contributed by atoms with E-state index in [0.29, 0.717) is 0 Å². The van der Waals surface area contributed by atoms with Crippen LogP contribution in [0.1, 0.15) is 0 Å². The minimum atomic E-state index is 0.777. The first-order chi connectivity index (χ1) is 11.9. The van der Waals surface area contributed by atoms with Crippen LogP contribution in [0.15, 0.2) is 67.0 Å². The van der Waals surface area contributed by atoms with Crippen molar-refractivity contribution in [3.8, 4) is 22.6 Å². The number of nitrogens with one attached hydrogen (secondary N) is 2. The molecule has 5 nitrogen and oxygen atoms in total. The van der Waals surface area contributed by atoms with Crippen molar-refractivity contribution in [3.05, 3.63) is 67.0 Å². The maximum Gasteiger partial charge on any atom is 0.159 e. The van der Waals surface area contributed by atoms with E-state index in [2.05, 4.69) is 43.3 Å². The van der Waals surface area contributed by atoms with Crippen LogP contribution in [-0.4, -0.2) is 25.1 Å². The lowest BCUT2D eigenvalue weighted by molar-refractivity contribution is 1.11. The molecule has 0 fully saturated rings. The lowest BCUT2D eigenvalue weighted by Gasteiger charge is -2.01. The number of benzene rings is 2. The number of para-hydroxylation sites is 2. The SMILES string of the molecule is c1ccc2[nH]c(-c3n[nH]c4cc(-c5ccncc5)ccc34)nc2c1. The Kier molecular flexibility index (Phi) is 2.72. The van der Waals surface area contributed by atoms with Crippen molar-refractivity contribution in [1.29, 1.82) is 0 Å². The molecule has 24 heavy (non-hydrogen) atoms. The second-order valence-corrected chi connectivity index (χ2v) is 5.67. The number of fused-ring (bicyclic) bond motifs is 2. The Morgan fingerprint density at radius 3 is 2.54 bits per heavy atom. The van der Waals surface area contributed by atoms with Crippen molar-refractivity contribution in [3.63, 3.8) is 0 Å². The predicted molar refractivity (Wildman–Crippen MR) is 94.4 cm³/mol. The number of hydrogen-bond acceptors (Lipinski definition) is 3. The monoisotopic (exact) mass is 311 g/mol. The smallest absolute Gasteiger partial charge is 0.159 e. The molecule has 114 valence electrons. The number of H-pyrrole nitrogens is 2. The molecule has 0 aliphatic carbocycles. The fourth-order valence-electron chi connectivity index (χ4n) is 2.99. The van der Waals surface area contributed by atoms with Gasteiger partial charge in [0.2, 0.25) is 0 Å². The van der Waals surface area contributed by atoms with Crippen molar-refractivity contribution in [1.82, 2.24) is 25.1 Å². The summed E-state index contributed by atoms with van der Waals surface area (Å²) in [5.41, 5.74) is 6.04. The fraction of sp³-hybridized carbons (Fsp3) is 0. The molecule has 0 aliphatic rings. The van der Waals surface area contributed by atoms with Crippen LogP contribution in [0.5, 0.6) is 0 Å². The Morgan fingerprint density at radius 1 is 0.792 bits per heavy atom. The molecule has 2 N–H and O–H groups in total. The molecule has 0 amide bonds. The second-order valence-electron chi connectivity index (χ2n) is 5.67. The van der Waals surface area contributed by atoms with E-state index in [-0.39, 0.29) is 0 Å². The zero-order chi connectivity index (χ0) is 15.9. The van der Waals surface area contributed by atoms with Gasteiger partial charge in [-0.1, -0.05) is 18.2 Å². The molecular formula is C19H13N5. The van der Waals surface area contributed by atoms with Gasteiger partial charge in [0.05, 0.1) is 16.6 Å². The van der Waals surface area contributed by atoms with Crippen LogP contribution < -0.4 is 0 Å². The standard InChI is InChI=1S/C19H13N5/c1-2-4-16-15(3-1)21-19(22-16)18-14-6-5-13(11-17(14)23-24-18)12-7-9-20-10-8-12/h1-11H,(H,21,22)(H,23,24). The Labute approximate surface area is 137 Å². The molecular weight excluding hydrogens is 298 g/mol. The van der Waals surface area contributed by atoms with E-state index in [9.17, 15) is 0 Å². The van der Waals surface area contributed by atoms with Gasteiger partial charge in [-0.15, -0.1) is 0 Å². The van der Waals surface area contributed by atoms with Crippen LogP contribution in [0.4, 0.5) is 0 Å². The molecule has 3 heterocycles. The zero-order valence-electron chi connectivity index (χ0n) is 12.7. The summed E-state index contributed by atoms with van der Waals surface area (Å²) in [5.74, 6) is 0.777. The van der Waals surface area contributed by atoms with E-state index >= 15 is 0 Å². The van der Waals surface area contributed by atoms with E-state index in [1.54, 1.807) is 12.4 Å². The Bertz CT molecular complexity index is 1120. The van der Waals surface area contributed by atoms with Gasteiger partial charge in [-0.25, -0.2) is 4.98 Å². The van der Waals surface area contributed by atoms with Gasteiger partial charge in [-0.05, 0) is 47.5 Å². The molecule has 0 saturated heterocycles. The summed E-state index contributed by atoms with van der Waals surface area (Å²) < 4.78 is 0. The average Bonchev–Trinajstić information content (AvgIpc) is 3.25. The molecule has 5 aromatic rings. The minimum Gasteiger partial charge on any atom is -0.337 e. The number of pyridine rings is 1. The third-order valence-corrected chi connectivity index (χ3v) is 4.19. The van der Waals surface area contributed by atoms with E-state index in [4.69, 9.17) is 0 Å². The van der Waals surface area contributed by atoms with Gasteiger partial charge in [0, 0.05) is 17.8 Å². The van der Waals surface area contributed by atoms with E-state index < -0.39 is 0 Å². The van der Waals surface area contributed by atoms with Crippen molar-refractivity contribution in [2.45, 2.75) is 0 Å². The molecule has 3 aromatic heterocycles. The average molecular weight is 311 g/mol. The zero-order valence-corrected chi connectivity index (χ0v) is 12.7. The quantitative estimate of drug-likeness (QED) is 0.514. The van der Waals surface area contributed by atoms with Crippen LogP contribution in [-0.2, 0) is 0 Å².